The van der Waals surface area contributed by atoms with Gasteiger partial charge in [0.2, 0.25) is 0 Å². The molecular weight excluding hydrogens is 434 g/mol. The van der Waals surface area contributed by atoms with Crippen LogP contribution in [-0.4, -0.2) is 25.4 Å². The first-order chi connectivity index (χ1) is 17.1. The predicted molar refractivity (Wildman–Crippen MR) is 148 cm³/mol. The monoisotopic (exact) mass is 477 g/mol. The van der Waals surface area contributed by atoms with E-state index >= 15 is 0 Å². The van der Waals surface area contributed by atoms with Crippen LogP contribution >= 0.6 is 0 Å². The van der Waals surface area contributed by atoms with Crippen molar-refractivity contribution >= 4 is 23.9 Å². The van der Waals surface area contributed by atoms with Crippen LogP contribution in [0.15, 0.2) is 59.6 Å². The number of carbonyl (C=O) groups is 1. The quantitative estimate of drug-likeness (QED) is 0.0992. The smallest absolute Gasteiger partial charge is 0.330 e. The molecule has 0 saturated carbocycles. The Morgan fingerprint density at radius 2 is 1.60 bits per heavy atom. The molecule has 35 heavy (non-hydrogen) atoms. The summed E-state index contributed by atoms with van der Waals surface area (Å²) >= 11 is 0. The van der Waals surface area contributed by atoms with E-state index in [1.54, 1.807) is 6.08 Å². The molecule has 0 saturated heterocycles. The number of para-hydroxylation sites is 1. The molecule has 0 bridgehead atoms. The average molecular weight is 478 g/mol. The van der Waals surface area contributed by atoms with Gasteiger partial charge in [-0.2, -0.15) is 0 Å². The van der Waals surface area contributed by atoms with Crippen molar-refractivity contribution in [3.05, 3.63) is 65.7 Å². The molecule has 0 spiro atoms. The summed E-state index contributed by atoms with van der Waals surface area (Å²) in [5, 5.41) is 0. The molecule has 4 nitrogen and oxygen atoms in total. The van der Waals surface area contributed by atoms with E-state index in [0.29, 0.717) is 12.5 Å². The summed E-state index contributed by atoms with van der Waals surface area (Å²) in [6, 6.07) is 15.7. The van der Waals surface area contributed by atoms with Crippen LogP contribution in [0.25, 0.3) is 6.08 Å². The number of rotatable bonds is 17. The zero-order valence-corrected chi connectivity index (χ0v) is 21.9. The molecular formula is C31H43NO3. The number of hydrogen-bond donors (Lipinski definition) is 0. The van der Waals surface area contributed by atoms with Crippen LogP contribution in [0.1, 0.15) is 89.7 Å². The maximum Gasteiger partial charge on any atom is 0.330 e. The number of nitrogens with zero attached hydrogens (tertiary/aromatic N) is 1. The molecule has 0 aliphatic rings. The molecule has 190 valence electrons. The van der Waals surface area contributed by atoms with Crippen molar-refractivity contribution in [3.8, 4) is 5.75 Å². The largest absolute Gasteiger partial charge is 0.494 e. The fraction of sp³-hybridized carbons (Fsp3) is 0.484. The molecule has 0 N–H and O–H groups in total. The van der Waals surface area contributed by atoms with Crippen molar-refractivity contribution in [1.82, 2.24) is 0 Å². The first-order valence-electron chi connectivity index (χ1n) is 13.3. The molecule has 2 rings (SSSR count). The summed E-state index contributed by atoms with van der Waals surface area (Å²) in [4.78, 5) is 16.6. The van der Waals surface area contributed by atoms with Gasteiger partial charge in [-0.3, -0.25) is 4.99 Å². The highest BCUT2D eigenvalue weighted by Gasteiger charge is 2.03. The lowest BCUT2D eigenvalue weighted by Crippen LogP contribution is -2.08. The second-order valence-corrected chi connectivity index (χ2v) is 9.19. The Labute approximate surface area is 212 Å². The van der Waals surface area contributed by atoms with Crippen LogP contribution in [0.3, 0.4) is 0 Å². The Hall–Kier alpha value is -2.88. The first-order valence-corrected chi connectivity index (χ1v) is 13.3. The Kier molecular flexibility index (Phi) is 14.2. The summed E-state index contributed by atoms with van der Waals surface area (Å²) in [6.07, 6.45) is 16.4. The summed E-state index contributed by atoms with van der Waals surface area (Å²) < 4.78 is 11.2. The third kappa shape index (κ3) is 12.4. The van der Waals surface area contributed by atoms with E-state index in [1.165, 1.54) is 51.0 Å². The summed E-state index contributed by atoms with van der Waals surface area (Å²) in [7, 11) is 0. The van der Waals surface area contributed by atoms with Crippen molar-refractivity contribution in [2.45, 2.75) is 78.6 Å². The summed E-state index contributed by atoms with van der Waals surface area (Å²) in [5.41, 5.74) is 2.67. The van der Waals surface area contributed by atoms with Gasteiger partial charge in [0.05, 0.1) is 18.9 Å². The van der Waals surface area contributed by atoms with Gasteiger partial charge < -0.3 is 9.47 Å². The predicted octanol–water partition coefficient (Wildman–Crippen LogP) is 8.56. The number of unbranched alkanes of at least 4 members (excludes halogenated alkanes) is 7. The highest BCUT2D eigenvalue weighted by atomic mass is 16.5. The minimum Gasteiger partial charge on any atom is -0.494 e. The standard InChI is InChI=1S/C31H43NO3/c1-4-6-7-8-9-10-11-14-23-34-29-20-17-27(18-21-29)24-32-30-16-13-12-15-28(30)19-22-31(33)35-25-26(3)5-2/h12-13,15-22,24,26H,4-11,14,23,25H2,1-3H3/b22-19+,32-24?. The molecule has 1 unspecified atom stereocenters. The summed E-state index contributed by atoms with van der Waals surface area (Å²) in [6.45, 7) is 7.62. The number of esters is 1. The maximum atomic E-state index is 12.0. The topological polar surface area (TPSA) is 47.9 Å². The van der Waals surface area contributed by atoms with Gasteiger partial charge in [0.15, 0.2) is 0 Å². The number of benzene rings is 2. The SMILES string of the molecule is CCCCCCCCCCOc1ccc(C=Nc2ccccc2/C=C/C(=O)OCC(C)CC)cc1. The van der Waals surface area contributed by atoms with Gasteiger partial charge in [0, 0.05) is 17.9 Å². The molecule has 1 atom stereocenters. The van der Waals surface area contributed by atoms with Crippen molar-refractivity contribution in [1.29, 1.82) is 0 Å². The van der Waals surface area contributed by atoms with Gasteiger partial charge in [-0.25, -0.2) is 4.79 Å². The summed E-state index contributed by atoms with van der Waals surface area (Å²) in [5.74, 6) is 0.933. The Morgan fingerprint density at radius 1 is 0.914 bits per heavy atom. The van der Waals surface area contributed by atoms with Crippen LogP contribution in [0.5, 0.6) is 5.75 Å². The van der Waals surface area contributed by atoms with Gasteiger partial charge in [0.1, 0.15) is 5.75 Å². The number of carbonyl (C=O) groups excluding carboxylic acids is 1. The van der Waals surface area contributed by atoms with Crippen LogP contribution in [-0.2, 0) is 9.53 Å². The maximum absolute atomic E-state index is 12.0. The molecule has 0 aliphatic heterocycles. The fourth-order valence-electron chi connectivity index (χ4n) is 3.51. The van der Waals surface area contributed by atoms with Crippen molar-refractivity contribution in [2.75, 3.05) is 13.2 Å². The van der Waals surface area contributed by atoms with Gasteiger partial charge in [0.25, 0.3) is 0 Å². The zero-order valence-electron chi connectivity index (χ0n) is 21.9. The Balaban J connectivity index is 1.78. The fourth-order valence-corrected chi connectivity index (χ4v) is 3.51. The third-order valence-corrected chi connectivity index (χ3v) is 6.04. The highest BCUT2D eigenvalue weighted by Crippen LogP contribution is 2.21. The molecule has 0 radical (unpaired) electrons. The van der Waals surface area contributed by atoms with E-state index in [1.807, 2.05) is 54.7 Å². The lowest BCUT2D eigenvalue weighted by Gasteiger charge is -2.07. The Bertz CT molecular complexity index is 902. The first kappa shape index (κ1) is 28.4. The van der Waals surface area contributed by atoms with Gasteiger partial charge >= 0.3 is 5.97 Å². The molecule has 2 aromatic rings. The Morgan fingerprint density at radius 3 is 2.31 bits per heavy atom. The van der Waals surface area contributed by atoms with E-state index < -0.39 is 0 Å². The molecule has 0 amide bonds. The molecule has 0 fully saturated rings. The van der Waals surface area contributed by atoms with Crippen LogP contribution < -0.4 is 4.74 Å². The van der Waals surface area contributed by atoms with Gasteiger partial charge in [-0.15, -0.1) is 0 Å². The van der Waals surface area contributed by atoms with Crippen LogP contribution in [0, 0.1) is 5.92 Å². The van der Waals surface area contributed by atoms with Crippen LogP contribution in [0.4, 0.5) is 5.69 Å². The van der Waals surface area contributed by atoms with Crippen molar-refractivity contribution < 1.29 is 14.3 Å². The third-order valence-electron chi connectivity index (χ3n) is 6.04. The highest BCUT2D eigenvalue weighted by molar-refractivity contribution is 5.89. The minimum absolute atomic E-state index is 0.327. The second kappa shape index (κ2) is 17.5. The van der Waals surface area contributed by atoms with E-state index in [-0.39, 0.29) is 5.97 Å². The number of aliphatic imine (C=N–C) groups is 1. The molecule has 2 aromatic carbocycles. The van der Waals surface area contributed by atoms with E-state index in [9.17, 15) is 4.79 Å². The average Bonchev–Trinajstić information content (AvgIpc) is 2.89. The van der Waals surface area contributed by atoms with E-state index in [4.69, 9.17) is 9.47 Å². The minimum atomic E-state index is -0.327. The van der Waals surface area contributed by atoms with Crippen molar-refractivity contribution in [2.24, 2.45) is 10.9 Å². The van der Waals surface area contributed by atoms with E-state index in [0.717, 1.165) is 42.0 Å². The van der Waals surface area contributed by atoms with Gasteiger partial charge in [-0.1, -0.05) is 90.3 Å². The lowest BCUT2D eigenvalue weighted by atomic mass is 10.1. The van der Waals surface area contributed by atoms with E-state index in [2.05, 4.69) is 25.8 Å². The second-order valence-electron chi connectivity index (χ2n) is 9.19. The molecule has 0 aromatic heterocycles. The zero-order chi connectivity index (χ0) is 25.1. The van der Waals surface area contributed by atoms with Crippen LogP contribution in [0.2, 0.25) is 0 Å². The lowest BCUT2D eigenvalue weighted by molar-refractivity contribution is -0.138. The number of ether oxygens (including phenoxy) is 2. The van der Waals surface area contributed by atoms with Gasteiger partial charge in [-0.05, 0) is 54.3 Å². The number of hydrogen-bond acceptors (Lipinski definition) is 4. The molecule has 4 heteroatoms. The molecule has 0 aliphatic carbocycles. The van der Waals surface area contributed by atoms with Crippen molar-refractivity contribution in [3.63, 3.8) is 0 Å². The normalized spacial score (nSPS) is 12.3. The molecule has 0 heterocycles.